The van der Waals surface area contributed by atoms with Crippen LogP contribution < -0.4 is 4.90 Å². The van der Waals surface area contributed by atoms with Crippen LogP contribution in [0.25, 0.3) is 10.6 Å². The van der Waals surface area contributed by atoms with Gasteiger partial charge in [-0.25, -0.2) is 0 Å². The van der Waals surface area contributed by atoms with Crippen molar-refractivity contribution in [1.29, 1.82) is 0 Å². The summed E-state index contributed by atoms with van der Waals surface area (Å²) in [5.74, 6) is 1.20. The van der Waals surface area contributed by atoms with Crippen LogP contribution in [0.2, 0.25) is 0 Å². The van der Waals surface area contributed by atoms with Crippen LogP contribution >= 0.6 is 11.3 Å². The van der Waals surface area contributed by atoms with Crippen molar-refractivity contribution in [2.45, 2.75) is 25.8 Å². The fraction of sp³-hybridized carbons (Fsp3) is 0.276. The van der Waals surface area contributed by atoms with Crippen molar-refractivity contribution in [2.75, 3.05) is 24.5 Å². The largest absolute Gasteiger partial charge is 0.355 e. The molecule has 6 heteroatoms. The Morgan fingerprint density at radius 1 is 0.857 bits per heavy atom. The standard InChI is InChI=1S/C29H30N4OS/c34-29(33(22-24-10-5-2-6-11-24)18-15-23-8-3-1-4-9-23)25-16-19-32(20-17-25)28-14-13-26(30-31-28)27-12-7-21-35-27/h1-14,21,25H,15-20,22H2. The molecule has 0 unspecified atom stereocenters. The maximum absolute atomic E-state index is 13.6. The molecule has 0 bridgehead atoms. The van der Waals surface area contributed by atoms with E-state index in [-0.39, 0.29) is 11.8 Å². The third-order valence-electron chi connectivity index (χ3n) is 6.63. The molecule has 1 fully saturated rings. The van der Waals surface area contributed by atoms with Crippen molar-refractivity contribution in [3.8, 4) is 10.6 Å². The van der Waals surface area contributed by atoms with Crippen molar-refractivity contribution in [3.05, 3.63) is 101 Å². The number of benzene rings is 2. The zero-order valence-electron chi connectivity index (χ0n) is 19.8. The average molecular weight is 483 g/mol. The molecule has 5 rings (SSSR count). The molecule has 1 saturated heterocycles. The zero-order valence-corrected chi connectivity index (χ0v) is 20.6. The minimum atomic E-state index is 0.0455. The van der Waals surface area contributed by atoms with Gasteiger partial charge in [-0.3, -0.25) is 4.79 Å². The van der Waals surface area contributed by atoms with Gasteiger partial charge in [0, 0.05) is 32.1 Å². The summed E-state index contributed by atoms with van der Waals surface area (Å²) >= 11 is 1.67. The van der Waals surface area contributed by atoms with Gasteiger partial charge in [0.25, 0.3) is 0 Å². The van der Waals surface area contributed by atoms with Crippen molar-refractivity contribution >= 4 is 23.1 Å². The van der Waals surface area contributed by atoms with Crippen molar-refractivity contribution in [1.82, 2.24) is 15.1 Å². The number of piperidine rings is 1. The quantitative estimate of drug-likeness (QED) is 0.324. The fourth-order valence-corrected chi connectivity index (χ4v) is 5.33. The number of hydrogen-bond acceptors (Lipinski definition) is 5. The highest BCUT2D eigenvalue weighted by Gasteiger charge is 2.29. The molecule has 5 nitrogen and oxygen atoms in total. The van der Waals surface area contributed by atoms with Gasteiger partial charge in [-0.2, -0.15) is 0 Å². The molecule has 178 valence electrons. The second-order valence-electron chi connectivity index (χ2n) is 9.00. The van der Waals surface area contributed by atoms with E-state index in [0.29, 0.717) is 6.54 Å². The van der Waals surface area contributed by atoms with Gasteiger partial charge >= 0.3 is 0 Å². The summed E-state index contributed by atoms with van der Waals surface area (Å²) in [4.78, 5) is 19.1. The lowest BCUT2D eigenvalue weighted by Crippen LogP contribution is -2.43. The summed E-state index contributed by atoms with van der Waals surface area (Å²) in [6, 6.07) is 28.9. The maximum Gasteiger partial charge on any atom is 0.226 e. The Kier molecular flexibility index (Phi) is 7.49. The second kappa shape index (κ2) is 11.3. The van der Waals surface area contributed by atoms with E-state index >= 15 is 0 Å². The van der Waals surface area contributed by atoms with Gasteiger partial charge in [-0.1, -0.05) is 66.7 Å². The SMILES string of the molecule is O=C(C1CCN(c2ccc(-c3cccs3)nn2)CC1)N(CCc1ccccc1)Cc1ccccc1. The molecule has 0 N–H and O–H groups in total. The molecule has 1 amide bonds. The van der Waals surface area contributed by atoms with Gasteiger partial charge in [0.1, 0.15) is 5.69 Å². The third kappa shape index (κ3) is 5.95. The zero-order chi connectivity index (χ0) is 23.9. The van der Waals surface area contributed by atoms with E-state index in [2.05, 4.69) is 62.5 Å². The van der Waals surface area contributed by atoms with Crippen LogP contribution in [0.15, 0.2) is 90.3 Å². The fourth-order valence-electron chi connectivity index (χ4n) is 4.64. The molecule has 0 aliphatic carbocycles. The average Bonchev–Trinajstić information content (AvgIpc) is 3.47. The first-order chi connectivity index (χ1) is 17.3. The third-order valence-corrected chi connectivity index (χ3v) is 7.53. The molecule has 0 spiro atoms. The van der Waals surface area contributed by atoms with E-state index in [1.165, 1.54) is 11.1 Å². The molecule has 2 aromatic carbocycles. The lowest BCUT2D eigenvalue weighted by atomic mass is 9.94. The van der Waals surface area contributed by atoms with Crippen LogP contribution in [0, 0.1) is 5.92 Å². The Bertz CT molecular complexity index is 1190. The van der Waals surface area contributed by atoms with Crippen LogP contribution in [-0.4, -0.2) is 40.6 Å². The number of carbonyl (C=O) groups excluding carboxylic acids is 1. The van der Waals surface area contributed by atoms with E-state index in [0.717, 1.165) is 55.3 Å². The summed E-state index contributed by atoms with van der Waals surface area (Å²) in [6.07, 6.45) is 2.54. The number of thiophene rings is 1. The van der Waals surface area contributed by atoms with Gasteiger partial charge in [0.2, 0.25) is 5.91 Å². The first-order valence-electron chi connectivity index (χ1n) is 12.3. The molecule has 0 saturated carbocycles. The molecule has 3 heterocycles. The normalized spacial score (nSPS) is 14.1. The Hall–Kier alpha value is -3.51. The van der Waals surface area contributed by atoms with Crippen molar-refractivity contribution < 1.29 is 4.79 Å². The van der Waals surface area contributed by atoms with E-state index in [1.54, 1.807) is 11.3 Å². The van der Waals surface area contributed by atoms with Gasteiger partial charge < -0.3 is 9.80 Å². The van der Waals surface area contributed by atoms with Gasteiger partial charge in [-0.15, -0.1) is 21.5 Å². The molecule has 0 atom stereocenters. The number of aromatic nitrogens is 2. The molecular formula is C29H30N4OS. The van der Waals surface area contributed by atoms with Crippen LogP contribution in [-0.2, 0) is 17.8 Å². The molecular weight excluding hydrogens is 452 g/mol. The maximum atomic E-state index is 13.6. The smallest absolute Gasteiger partial charge is 0.226 e. The highest BCUT2D eigenvalue weighted by atomic mass is 32.1. The topological polar surface area (TPSA) is 49.3 Å². The minimum absolute atomic E-state index is 0.0455. The number of anilines is 1. The van der Waals surface area contributed by atoms with Crippen molar-refractivity contribution in [3.63, 3.8) is 0 Å². The number of hydrogen-bond donors (Lipinski definition) is 0. The van der Waals surface area contributed by atoms with Gasteiger partial charge in [-0.05, 0) is 54.0 Å². The van der Waals surface area contributed by atoms with Gasteiger partial charge in [0.15, 0.2) is 5.82 Å². The van der Waals surface area contributed by atoms with Crippen LogP contribution in [0.3, 0.4) is 0 Å². The van der Waals surface area contributed by atoms with Gasteiger partial charge in [0.05, 0.1) is 4.88 Å². The number of rotatable bonds is 8. The van der Waals surface area contributed by atoms with E-state index in [9.17, 15) is 4.79 Å². The lowest BCUT2D eigenvalue weighted by Gasteiger charge is -2.35. The molecule has 0 radical (unpaired) electrons. The van der Waals surface area contributed by atoms with E-state index in [4.69, 9.17) is 0 Å². The number of amides is 1. The second-order valence-corrected chi connectivity index (χ2v) is 9.94. The number of nitrogens with zero attached hydrogens (tertiary/aromatic N) is 4. The summed E-state index contributed by atoms with van der Waals surface area (Å²) in [5, 5.41) is 10.9. The monoisotopic (exact) mass is 482 g/mol. The van der Waals surface area contributed by atoms with Crippen LogP contribution in [0.4, 0.5) is 5.82 Å². The summed E-state index contributed by atoms with van der Waals surface area (Å²) in [7, 11) is 0. The van der Waals surface area contributed by atoms with Crippen molar-refractivity contribution in [2.24, 2.45) is 5.92 Å². The molecule has 1 aliphatic heterocycles. The highest BCUT2D eigenvalue weighted by Crippen LogP contribution is 2.26. The Morgan fingerprint density at radius 3 is 2.20 bits per heavy atom. The molecule has 4 aromatic rings. The molecule has 35 heavy (non-hydrogen) atoms. The summed E-state index contributed by atoms with van der Waals surface area (Å²) in [6.45, 7) is 3.03. The Balaban J connectivity index is 1.21. The van der Waals surface area contributed by atoms with E-state index in [1.807, 2.05) is 47.8 Å². The predicted molar refractivity (Wildman–Crippen MR) is 142 cm³/mol. The minimum Gasteiger partial charge on any atom is -0.355 e. The Morgan fingerprint density at radius 2 is 1.57 bits per heavy atom. The van der Waals surface area contributed by atoms with Crippen LogP contribution in [0.5, 0.6) is 0 Å². The molecule has 1 aliphatic rings. The first kappa shape index (κ1) is 23.2. The predicted octanol–water partition coefficient (Wildman–Crippen LogP) is 5.69. The summed E-state index contributed by atoms with van der Waals surface area (Å²) < 4.78 is 0. The number of carbonyl (C=O) groups is 1. The lowest BCUT2D eigenvalue weighted by molar-refractivity contribution is -0.136. The van der Waals surface area contributed by atoms with E-state index < -0.39 is 0 Å². The first-order valence-corrected chi connectivity index (χ1v) is 13.1. The Labute approximate surface area is 211 Å². The molecule has 2 aromatic heterocycles. The van der Waals surface area contributed by atoms with Crippen LogP contribution in [0.1, 0.15) is 24.0 Å². The highest BCUT2D eigenvalue weighted by molar-refractivity contribution is 7.13. The summed E-state index contributed by atoms with van der Waals surface area (Å²) in [5.41, 5.74) is 3.34.